The quantitative estimate of drug-likeness (QED) is 0.733. The van der Waals surface area contributed by atoms with Crippen molar-refractivity contribution in [3.63, 3.8) is 0 Å². The molecule has 3 heteroatoms. The zero-order valence-electron chi connectivity index (χ0n) is 7.66. The first-order chi connectivity index (χ1) is 6.83. The Labute approximate surface area is 85.8 Å². The molecule has 0 fully saturated rings. The SMILES string of the molecule is COc1c(F)cccc1-c1cccs1. The zero-order chi connectivity index (χ0) is 9.97. The van der Waals surface area contributed by atoms with Crippen LogP contribution >= 0.6 is 11.3 Å². The number of ether oxygens (including phenoxy) is 1. The van der Waals surface area contributed by atoms with Crippen molar-refractivity contribution in [1.82, 2.24) is 0 Å². The standard InChI is InChI=1S/C11H9FOS/c1-13-11-8(4-2-5-9(11)12)10-6-3-7-14-10/h2-7H,1H3. The van der Waals surface area contributed by atoms with Crippen LogP contribution < -0.4 is 4.74 Å². The molecule has 0 saturated carbocycles. The molecule has 0 aliphatic rings. The van der Waals surface area contributed by atoms with Gasteiger partial charge in [-0.25, -0.2) is 4.39 Å². The van der Waals surface area contributed by atoms with Crippen molar-refractivity contribution in [2.75, 3.05) is 7.11 Å². The molecule has 0 aliphatic heterocycles. The van der Waals surface area contributed by atoms with E-state index in [2.05, 4.69) is 0 Å². The minimum Gasteiger partial charge on any atom is -0.493 e. The topological polar surface area (TPSA) is 9.23 Å². The molecule has 1 nitrogen and oxygen atoms in total. The molecule has 1 heterocycles. The van der Waals surface area contributed by atoms with Crippen LogP contribution in [0.4, 0.5) is 4.39 Å². The van der Waals surface area contributed by atoms with E-state index in [4.69, 9.17) is 4.74 Å². The summed E-state index contributed by atoms with van der Waals surface area (Å²) in [5, 5.41) is 1.96. The lowest BCUT2D eigenvalue weighted by molar-refractivity contribution is 0.388. The molecule has 2 rings (SSSR count). The van der Waals surface area contributed by atoms with E-state index in [9.17, 15) is 4.39 Å². The number of para-hydroxylation sites is 1. The van der Waals surface area contributed by atoms with E-state index >= 15 is 0 Å². The van der Waals surface area contributed by atoms with Crippen LogP contribution in [-0.4, -0.2) is 7.11 Å². The fourth-order valence-corrected chi connectivity index (χ4v) is 2.09. The number of rotatable bonds is 2. The average molecular weight is 208 g/mol. The normalized spacial score (nSPS) is 10.1. The number of hydrogen-bond acceptors (Lipinski definition) is 2. The van der Waals surface area contributed by atoms with Gasteiger partial charge < -0.3 is 4.74 Å². The van der Waals surface area contributed by atoms with Gasteiger partial charge in [-0.15, -0.1) is 11.3 Å². The highest BCUT2D eigenvalue weighted by Crippen LogP contribution is 2.34. The minimum absolute atomic E-state index is 0.315. The van der Waals surface area contributed by atoms with Crippen molar-refractivity contribution in [2.24, 2.45) is 0 Å². The van der Waals surface area contributed by atoms with E-state index in [0.29, 0.717) is 5.75 Å². The summed E-state index contributed by atoms with van der Waals surface area (Å²) in [6.45, 7) is 0. The maximum Gasteiger partial charge on any atom is 0.165 e. The number of methoxy groups -OCH3 is 1. The van der Waals surface area contributed by atoms with E-state index in [1.54, 1.807) is 17.4 Å². The van der Waals surface area contributed by atoms with E-state index < -0.39 is 0 Å². The Kier molecular flexibility index (Phi) is 2.50. The van der Waals surface area contributed by atoms with E-state index in [-0.39, 0.29) is 5.82 Å². The second-order valence-electron chi connectivity index (χ2n) is 2.80. The van der Waals surface area contributed by atoms with Crippen LogP contribution in [0.15, 0.2) is 35.7 Å². The summed E-state index contributed by atoms with van der Waals surface area (Å²) in [5.41, 5.74) is 0.808. The Morgan fingerprint density at radius 1 is 1.21 bits per heavy atom. The third-order valence-corrected chi connectivity index (χ3v) is 2.86. The molecule has 2 aromatic rings. The highest BCUT2D eigenvalue weighted by molar-refractivity contribution is 7.13. The van der Waals surface area contributed by atoms with Gasteiger partial charge in [0.25, 0.3) is 0 Å². The van der Waals surface area contributed by atoms with E-state index in [1.807, 2.05) is 23.6 Å². The minimum atomic E-state index is -0.321. The number of halogens is 1. The van der Waals surface area contributed by atoms with Crippen LogP contribution in [0.2, 0.25) is 0 Å². The Bertz CT molecular complexity index is 423. The lowest BCUT2D eigenvalue weighted by atomic mass is 10.1. The lowest BCUT2D eigenvalue weighted by Crippen LogP contribution is -1.90. The molecule has 0 atom stereocenters. The molecule has 0 amide bonds. The van der Waals surface area contributed by atoms with Gasteiger partial charge in [-0.3, -0.25) is 0 Å². The summed E-state index contributed by atoms with van der Waals surface area (Å²) in [4.78, 5) is 1.02. The molecule has 0 unspecified atom stereocenters. The largest absolute Gasteiger partial charge is 0.493 e. The molecular formula is C11H9FOS. The van der Waals surface area contributed by atoms with Gasteiger partial charge in [-0.05, 0) is 23.6 Å². The summed E-state index contributed by atoms with van der Waals surface area (Å²) >= 11 is 1.57. The fourth-order valence-electron chi connectivity index (χ4n) is 1.34. The van der Waals surface area contributed by atoms with Gasteiger partial charge in [0, 0.05) is 10.4 Å². The zero-order valence-corrected chi connectivity index (χ0v) is 8.48. The van der Waals surface area contributed by atoms with Gasteiger partial charge in [-0.1, -0.05) is 12.1 Å². The molecule has 14 heavy (non-hydrogen) atoms. The predicted molar refractivity (Wildman–Crippen MR) is 56.3 cm³/mol. The van der Waals surface area contributed by atoms with Crippen LogP contribution in [0.25, 0.3) is 10.4 Å². The molecule has 0 radical (unpaired) electrons. The first-order valence-electron chi connectivity index (χ1n) is 4.19. The Morgan fingerprint density at radius 2 is 2.07 bits per heavy atom. The summed E-state index contributed by atoms with van der Waals surface area (Å²) in [7, 11) is 1.48. The second kappa shape index (κ2) is 3.80. The summed E-state index contributed by atoms with van der Waals surface area (Å²) in [6, 6.07) is 8.82. The predicted octanol–water partition coefficient (Wildman–Crippen LogP) is 3.56. The molecule has 0 bridgehead atoms. The highest BCUT2D eigenvalue weighted by atomic mass is 32.1. The first kappa shape index (κ1) is 9.21. The molecule has 0 saturated heterocycles. The van der Waals surface area contributed by atoms with E-state index in [1.165, 1.54) is 13.2 Å². The molecule has 1 aromatic heterocycles. The third-order valence-electron chi connectivity index (χ3n) is 1.96. The fraction of sp³-hybridized carbons (Fsp3) is 0.0909. The Hall–Kier alpha value is -1.35. The Balaban J connectivity index is 2.58. The number of benzene rings is 1. The van der Waals surface area contributed by atoms with E-state index in [0.717, 1.165) is 10.4 Å². The summed E-state index contributed by atoms with van der Waals surface area (Å²) < 4.78 is 18.4. The van der Waals surface area contributed by atoms with Crippen molar-refractivity contribution in [3.8, 4) is 16.2 Å². The Morgan fingerprint density at radius 3 is 2.71 bits per heavy atom. The summed E-state index contributed by atoms with van der Waals surface area (Å²) in [5.74, 6) is -0.00616. The van der Waals surface area contributed by atoms with Gasteiger partial charge in [0.15, 0.2) is 11.6 Å². The molecule has 1 aromatic carbocycles. The van der Waals surface area contributed by atoms with Crippen LogP contribution in [0.5, 0.6) is 5.75 Å². The van der Waals surface area contributed by atoms with Crippen LogP contribution in [0, 0.1) is 5.82 Å². The average Bonchev–Trinajstić information content (AvgIpc) is 2.70. The molecular weight excluding hydrogens is 199 g/mol. The van der Waals surface area contributed by atoms with Crippen molar-refractivity contribution in [3.05, 3.63) is 41.5 Å². The first-order valence-corrected chi connectivity index (χ1v) is 5.07. The van der Waals surface area contributed by atoms with Gasteiger partial charge in [0.2, 0.25) is 0 Å². The highest BCUT2D eigenvalue weighted by Gasteiger charge is 2.10. The van der Waals surface area contributed by atoms with Crippen molar-refractivity contribution in [2.45, 2.75) is 0 Å². The molecule has 0 spiro atoms. The molecule has 0 N–H and O–H groups in total. The van der Waals surface area contributed by atoms with Crippen LogP contribution in [0.1, 0.15) is 0 Å². The molecule has 72 valence electrons. The maximum absolute atomic E-state index is 13.3. The van der Waals surface area contributed by atoms with Crippen LogP contribution in [-0.2, 0) is 0 Å². The van der Waals surface area contributed by atoms with Crippen molar-refractivity contribution < 1.29 is 9.13 Å². The van der Waals surface area contributed by atoms with Crippen molar-refractivity contribution in [1.29, 1.82) is 0 Å². The van der Waals surface area contributed by atoms with Gasteiger partial charge >= 0.3 is 0 Å². The van der Waals surface area contributed by atoms with Crippen molar-refractivity contribution >= 4 is 11.3 Å². The number of thiophene rings is 1. The second-order valence-corrected chi connectivity index (χ2v) is 3.75. The molecule has 0 aliphatic carbocycles. The third kappa shape index (κ3) is 1.51. The van der Waals surface area contributed by atoms with Gasteiger partial charge in [0.1, 0.15) is 0 Å². The maximum atomic E-state index is 13.3. The van der Waals surface area contributed by atoms with Gasteiger partial charge in [0.05, 0.1) is 7.11 Å². The number of hydrogen-bond donors (Lipinski definition) is 0. The van der Waals surface area contributed by atoms with Crippen LogP contribution in [0.3, 0.4) is 0 Å². The smallest absolute Gasteiger partial charge is 0.165 e. The lowest BCUT2D eigenvalue weighted by Gasteiger charge is -2.06. The van der Waals surface area contributed by atoms with Gasteiger partial charge in [-0.2, -0.15) is 0 Å². The summed E-state index contributed by atoms with van der Waals surface area (Å²) in [6.07, 6.45) is 0. The monoisotopic (exact) mass is 208 g/mol.